The molecule has 0 fully saturated rings. The van der Waals surface area contributed by atoms with Crippen molar-refractivity contribution in [2.45, 2.75) is 6.92 Å². The quantitative estimate of drug-likeness (QED) is 0.437. The summed E-state index contributed by atoms with van der Waals surface area (Å²) in [5.74, 6) is 0. The minimum absolute atomic E-state index is 0. The molecule has 45 valence electrons. The van der Waals surface area contributed by atoms with Crippen LogP contribution in [0.2, 0.25) is 0 Å². The van der Waals surface area contributed by atoms with E-state index in [0.717, 1.165) is 0 Å². The summed E-state index contributed by atoms with van der Waals surface area (Å²) in [5.41, 5.74) is 1.21. The summed E-state index contributed by atoms with van der Waals surface area (Å²) < 4.78 is 0. The molecule has 1 radical (unpaired) electrons. The predicted octanol–water partition coefficient (Wildman–Crippen LogP) is 1.59. The van der Waals surface area contributed by atoms with Gasteiger partial charge in [0.15, 0.2) is 0 Å². The van der Waals surface area contributed by atoms with Crippen molar-refractivity contribution in [2.24, 2.45) is 0 Å². The molecule has 0 aliphatic carbocycles. The van der Waals surface area contributed by atoms with Crippen LogP contribution in [-0.4, -0.2) is 0 Å². The molecule has 0 aliphatic heterocycles. The van der Waals surface area contributed by atoms with E-state index < -0.39 is 0 Å². The van der Waals surface area contributed by atoms with E-state index in [2.05, 4.69) is 12.1 Å². The van der Waals surface area contributed by atoms with Crippen LogP contribution < -0.4 is 0 Å². The fraction of sp³-hybridized carbons (Fsp3) is 0.143. The van der Waals surface area contributed by atoms with E-state index >= 15 is 0 Å². The Kier molecular flexibility index (Phi) is 6.03. The summed E-state index contributed by atoms with van der Waals surface area (Å²) in [5, 5.41) is 0. The number of hydrogen-bond acceptors (Lipinski definition) is 0. The van der Waals surface area contributed by atoms with E-state index in [-0.39, 0.29) is 20.4 Å². The maximum Gasteiger partial charge on any atom is 0 e. The standard InChI is InChI=1S/C7H6.Re.Rf/c1-7-5-3-2-4-6-7;;/h2,5-6H,1H3;;/q-2;;. The first-order chi connectivity index (χ1) is 3.39. The Balaban J connectivity index is 0. The van der Waals surface area contributed by atoms with Crippen molar-refractivity contribution in [1.82, 2.24) is 0 Å². The molecule has 0 aromatic heterocycles. The van der Waals surface area contributed by atoms with E-state index in [4.69, 9.17) is 0 Å². The molecule has 0 saturated carbocycles. The molecule has 0 amide bonds. The fourth-order valence-electron chi connectivity index (χ4n) is 0.436. The van der Waals surface area contributed by atoms with Crippen LogP contribution in [-0.2, 0) is 20.4 Å². The van der Waals surface area contributed by atoms with Gasteiger partial charge in [0.25, 0.3) is 0 Å². The molecular weight excluding hydrogens is 537 g/mol. The van der Waals surface area contributed by atoms with Gasteiger partial charge in [-0.2, -0.15) is 0 Å². The van der Waals surface area contributed by atoms with Crippen LogP contribution in [0, 0.1) is 19.1 Å². The maximum atomic E-state index is 2.91. The molecule has 0 nitrogen and oxygen atoms in total. The largest absolute Gasteiger partial charge is 0.359 e. The Morgan fingerprint density at radius 2 is 1.67 bits per heavy atom. The van der Waals surface area contributed by atoms with Gasteiger partial charge in [0.05, 0.1) is 0 Å². The molecular formula is C7H6ReRf-2. The summed E-state index contributed by atoms with van der Waals surface area (Å²) >= 11 is 0. The van der Waals surface area contributed by atoms with Crippen molar-refractivity contribution in [1.29, 1.82) is 0 Å². The SMILES string of the molecule is Cc1c[c-]c[c-]c1.[Re].[Rf]. The normalized spacial score (nSPS) is 6.78. The average Bonchev–Trinajstić information content (AvgIpc) is 1.69. The minimum atomic E-state index is 0. The molecule has 0 atom stereocenters. The van der Waals surface area contributed by atoms with Gasteiger partial charge in [0.2, 0.25) is 0 Å². The molecule has 0 bridgehead atoms. The third kappa shape index (κ3) is 3.46. The van der Waals surface area contributed by atoms with Gasteiger partial charge in [-0.05, 0) is 0 Å². The van der Waals surface area contributed by atoms with E-state index in [0.29, 0.717) is 0 Å². The van der Waals surface area contributed by atoms with Gasteiger partial charge >= 0.3 is 0 Å². The Morgan fingerprint density at radius 1 is 1.22 bits per heavy atom. The number of benzene rings is 1. The summed E-state index contributed by atoms with van der Waals surface area (Å²) in [6.45, 7) is 2.02. The topological polar surface area (TPSA) is 0 Å². The second kappa shape index (κ2) is 5.03. The third-order valence-corrected chi connectivity index (χ3v) is 0.789. The van der Waals surface area contributed by atoms with Gasteiger partial charge < -0.3 is 18.2 Å². The van der Waals surface area contributed by atoms with Crippen molar-refractivity contribution >= 4 is 0 Å². The van der Waals surface area contributed by atoms with Gasteiger partial charge in [-0.25, -0.2) is 0 Å². The van der Waals surface area contributed by atoms with Gasteiger partial charge in [0.1, 0.15) is 0 Å². The molecule has 9 heavy (non-hydrogen) atoms. The smallest absolute Gasteiger partial charge is 0 e. The Morgan fingerprint density at radius 3 is 1.89 bits per heavy atom. The van der Waals surface area contributed by atoms with Crippen LogP contribution in [0.25, 0.3) is 0 Å². The van der Waals surface area contributed by atoms with Crippen LogP contribution >= 0.6 is 0 Å². The first-order valence-corrected chi connectivity index (χ1v) is 2.23. The van der Waals surface area contributed by atoms with Crippen molar-refractivity contribution in [3.05, 3.63) is 35.9 Å². The molecule has 1 aromatic carbocycles. The first kappa shape index (κ1) is 10.8. The summed E-state index contributed by atoms with van der Waals surface area (Å²) in [6, 6.07) is 11.4. The molecule has 0 unspecified atom stereocenters. The van der Waals surface area contributed by atoms with E-state index in [1.165, 1.54) is 5.56 Å². The molecule has 0 N–H and O–H groups in total. The molecule has 1 aromatic rings. The van der Waals surface area contributed by atoms with Crippen LogP contribution in [0.3, 0.4) is 0 Å². The molecule has 0 saturated heterocycles. The first-order valence-electron chi connectivity index (χ1n) is 2.23. The van der Waals surface area contributed by atoms with E-state index in [9.17, 15) is 0 Å². The van der Waals surface area contributed by atoms with Crippen molar-refractivity contribution in [3.63, 3.8) is 0 Å². The zero-order valence-electron chi connectivity index (χ0n) is 5.32. The third-order valence-electron chi connectivity index (χ3n) is 0.789. The molecule has 1 rings (SSSR count). The maximum absolute atomic E-state index is 2.91. The number of rotatable bonds is 0. The van der Waals surface area contributed by atoms with Crippen LogP contribution in [0.15, 0.2) is 18.2 Å². The van der Waals surface area contributed by atoms with Gasteiger partial charge in [-0.15, -0.1) is 6.92 Å². The minimum Gasteiger partial charge on any atom is -0.359 e. The summed E-state index contributed by atoms with van der Waals surface area (Å²) in [4.78, 5) is 0. The van der Waals surface area contributed by atoms with Crippen LogP contribution in [0.5, 0.6) is 0 Å². The van der Waals surface area contributed by atoms with Crippen LogP contribution in [0.4, 0.5) is 0 Å². The summed E-state index contributed by atoms with van der Waals surface area (Å²) in [7, 11) is 0. The zero-order chi connectivity index (χ0) is 5.11. The Bertz CT molecular complexity index is 139. The van der Waals surface area contributed by atoms with Crippen molar-refractivity contribution < 1.29 is 20.4 Å². The van der Waals surface area contributed by atoms with Gasteiger partial charge in [0, 0.05) is 20.4 Å². The average molecular weight is 543 g/mol. The molecule has 2 heteroatoms. The Labute approximate surface area is 63.6 Å². The predicted molar refractivity (Wildman–Crippen MR) is 28.9 cm³/mol. The monoisotopic (exact) mass is 544 g/mol. The van der Waals surface area contributed by atoms with E-state index in [1.54, 1.807) is 6.07 Å². The van der Waals surface area contributed by atoms with Crippen LogP contribution in [0.1, 0.15) is 5.56 Å². The van der Waals surface area contributed by atoms with Gasteiger partial charge in [-0.3, -0.25) is 17.7 Å². The summed E-state index contributed by atoms with van der Waals surface area (Å²) in [6.07, 6.45) is 0. The van der Waals surface area contributed by atoms with Gasteiger partial charge in [-0.1, -0.05) is 0 Å². The molecule has 0 aliphatic rings. The number of aryl methyl sites for hydroxylation is 1. The number of hydrogen-bond donors (Lipinski definition) is 0. The molecule has 0 spiro atoms. The second-order valence-corrected chi connectivity index (χ2v) is 1.51. The van der Waals surface area contributed by atoms with E-state index in [1.807, 2.05) is 19.1 Å². The fourth-order valence-corrected chi connectivity index (χ4v) is 0.436. The zero-order valence-corrected chi connectivity index (χ0v) is 14.4. The van der Waals surface area contributed by atoms with Crippen molar-refractivity contribution in [2.75, 3.05) is 0 Å². The molecule has 0 heterocycles. The second-order valence-electron chi connectivity index (χ2n) is 1.51. The van der Waals surface area contributed by atoms with Crippen molar-refractivity contribution in [3.8, 4) is 0 Å². The Hall–Kier alpha value is -1.12.